The topological polar surface area (TPSA) is 0 Å². The molecular formula is C18H16. The predicted molar refractivity (Wildman–Crippen MR) is 81.2 cm³/mol. The highest BCUT2D eigenvalue weighted by molar-refractivity contribution is 6.01. The SMILES string of the molecule is C=c1c2ccccc2c(=C)c2c(C)cc(C)cc12. The van der Waals surface area contributed by atoms with E-state index in [1.165, 1.54) is 32.7 Å². The van der Waals surface area contributed by atoms with Gasteiger partial charge in [0.25, 0.3) is 0 Å². The highest BCUT2D eigenvalue weighted by Crippen LogP contribution is 2.18. The molecule has 88 valence electrons. The van der Waals surface area contributed by atoms with Gasteiger partial charge in [0.1, 0.15) is 0 Å². The highest BCUT2D eigenvalue weighted by Gasteiger charge is 2.05. The maximum Gasteiger partial charge on any atom is -0.00756 e. The zero-order valence-electron chi connectivity index (χ0n) is 10.9. The predicted octanol–water partition coefficient (Wildman–Crippen LogP) is 3.43. The maximum atomic E-state index is 4.28. The molecule has 0 nitrogen and oxygen atoms in total. The molecule has 3 aromatic rings. The van der Waals surface area contributed by atoms with E-state index in [0.29, 0.717) is 0 Å². The van der Waals surface area contributed by atoms with Gasteiger partial charge in [0, 0.05) is 0 Å². The van der Waals surface area contributed by atoms with Crippen LogP contribution in [-0.2, 0) is 0 Å². The third kappa shape index (κ3) is 1.39. The quantitative estimate of drug-likeness (QED) is 0.521. The van der Waals surface area contributed by atoms with Crippen molar-refractivity contribution in [1.82, 2.24) is 0 Å². The number of hydrogen-bond acceptors (Lipinski definition) is 0. The molecule has 0 aliphatic rings. The monoisotopic (exact) mass is 232 g/mol. The van der Waals surface area contributed by atoms with E-state index >= 15 is 0 Å². The minimum Gasteiger partial charge on any atom is -0.0905 e. The summed E-state index contributed by atoms with van der Waals surface area (Å²) >= 11 is 0. The van der Waals surface area contributed by atoms with Gasteiger partial charge in [-0.15, -0.1) is 0 Å². The fraction of sp³-hybridized carbons (Fsp3) is 0.111. The van der Waals surface area contributed by atoms with E-state index in [4.69, 9.17) is 0 Å². The van der Waals surface area contributed by atoms with Gasteiger partial charge in [-0.25, -0.2) is 0 Å². The van der Waals surface area contributed by atoms with Crippen LogP contribution in [0.25, 0.3) is 34.7 Å². The van der Waals surface area contributed by atoms with E-state index < -0.39 is 0 Å². The Morgan fingerprint density at radius 2 is 1.39 bits per heavy atom. The smallest absolute Gasteiger partial charge is 0.00756 e. The lowest BCUT2D eigenvalue weighted by Gasteiger charge is -2.09. The first kappa shape index (κ1) is 11.0. The van der Waals surface area contributed by atoms with E-state index in [0.717, 1.165) is 10.4 Å². The summed E-state index contributed by atoms with van der Waals surface area (Å²) in [5.74, 6) is 0. The van der Waals surface area contributed by atoms with Crippen LogP contribution in [0.4, 0.5) is 0 Å². The molecule has 18 heavy (non-hydrogen) atoms. The summed E-state index contributed by atoms with van der Waals surface area (Å²) in [6, 6.07) is 12.8. The Bertz CT molecular complexity index is 870. The summed E-state index contributed by atoms with van der Waals surface area (Å²) in [7, 11) is 0. The van der Waals surface area contributed by atoms with Crippen LogP contribution in [0.1, 0.15) is 11.1 Å². The summed E-state index contributed by atoms with van der Waals surface area (Å²) in [6.07, 6.45) is 0. The Hall–Kier alpha value is -2.08. The number of aryl methyl sites for hydroxylation is 2. The van der Waals surface area contributed by atoms with E-state index in [1.54, 1.807) is 0 Å². The Kier molecular flexibility index (Phi) is 2.27. The minimum absolute atomic E-state index is 1.11. The highest BCUT2D eigenvalue weighted by atomic mass is 14.1. The van der Waals surface area contributed by atoms with Gasteiger partial charge in [-0.05, 0) is 51.4 Å². The Balaban J connectivity index is 2.77. The van der Waals surface area contributed by atoms with Crippen molar-refractivity contribution < 1.29 is 0 Å². The van der Waals surface area contributed by atoms with Crippen LogP contribution in [0.2, 0.25) is 0 Å². The molecule has 0 aromatic heterocycles. The minimum atomic E-state index is 1.11. The Morgan fingerprint density at radius 3 is 2.06 bits per heavy atom. The van der Waals surface area contributed by atoms with Crippen molar-refractivity contribution in [2.75, 3.05) is 0 Å². The third-order valence-electron chi connectivity index (χ3n) is 3.68. The second-order valence-corrected chi connectivity index (χ2v) is 5.01. The van der Waals surface area contributed by atoms with Crippen LogP contribution >= 0.6 is 0 Å². The van der Waals surface area contributed by atoms with Crippen molar-refractivity contribution in [3.63, 3.8) is 0 Å². The summed E-state index contributed by atoms with van der Waals surface area (Å²) in [4.78, 5) is 0. The van der Waals surface area contributed by atoms with Crippen molar-refractivity contribution in [3.8, 4) is 0 Å². The van der Waals surface area contributed by atoms with Crippen LogP contribution in [0.15, 0.2) is 36.4 Å². The van der Waals surface area contributed by atoms with Crippen molar-refractivity contribution in [2.45, 2.75) is 13.8 Å². The molecular weight excluding hydrogens is 216 g/mol. The maximum absolute atomic E-state index is 4.28. The molecule has 0 spiro atoms. The molecule has 0 saturated carbocycles. The molecule has 0 fully saturated rings. The number of rotatable bonds is 0. The lowest BCUT2D eigenvalue weighted by atomic mass is 9.94. The third-order valence-corrected chi connectivity index (χ3v) is 3.68. The van der Waals surface area contributed by atoms with Crippen molar-refractivity contribution in [2.24, 2.45) is 0 Å². The van der Waals surface area contributed by atoms with Gasteiger partial charge in [-0.2, -0.15) is 0 Å². The van der Waals surface area contributed by atoms with Gasteiger partial charge >= 0.3 is 0 Å². The number of fused-ring (bicyclic) bond motifs is 2. The van der Waals surface area contributed by atoms with Crippen LogP contribution in [-0.4, -0.2) is 0 Å². The zero-order valence-corrected chi connectivity index (χ0v) is 10.9. The van der Waals surface area contributed by atoms with Crippen LogP contribution < -0.4 is 10.4 Å². The van der Waals surface area contributed by atoms with Crippen LogP contribution in [0.5, 0.6) is 0 Å². The van der Waals surface area contributed by atoms with Gasteiger partial charge in [-0.3, -0.25) is 0 Å². The van der Waals surface area contributed by atoms with Gasteiger partial charge < -0.3 is 0 Å². The first-order chi connectivity index (χ1) is 8.59. The average Bonchev–Trinajstić information content (AvgIpc) is 2.35. The molecule has 0 aliphatic carbocycles. The second-order valence-electron chi connectivity index (χ2n) is 5.01. The van der Waals surface area contributed by atoms with Gasteiger partial charge in [0.2, 0.25) is 0 Å². The molecule has 0 atom stereocenters. The first-order valence-electron chi connectivity index (χ1n) is 6.19. The molecule has 0 radical (unpaired) electrons. The second kappa shape index (κ2) is 3.71. The summed E-state index contributed by atoms with van der Waals surface area (Å²) < 4.78 is 0. The van der Waals surface area contributed by atoms with Gasteiger partial charge in [-0.1, -0.05) is 55.1 Å². The Labute approximate surface area is 107 Å². The number of benzene rings is 3. The standard InChI is InChI=1S/C18H16/c1-11-9-12(2)18-14(4)16-8-6-5-7-15(16)13(3)17(18)10-11/h5-10H,3-4H2,1-2H3. The fourth-order valence-corrected chi connectivity index (χ4v) is 2.90. The van der Waals surface area contributed by atoms with E-state index in [-0.39, 0.29) is 0 Å². The van der Waals surface area contributed by atoms with Gasteiger partial charge in [0.05, 0.1) is 0 Å². The van der Waals surface area contributed by atoms with Crippen LogP contribution in [0, 0.1) is 13.8 Å². The molecule has 0 unspecified atom stereocenters. The molecule has 3 aromatic carbocycles. The fourth-order valence-electron chi connectivity index (χ4n) is 2.90. The van der Waals surface area contributed by atoms with E-state index in [9.17, 15) is 0 Å². The van der Waals surface area contributed by atoms with Crippen molar-refractivity contribution in [3.05, 3.63) is 58.0 Å². The molecule has 3 rings (SSSR count). The van der Waals surface area contributed by atoms with Crippen LogP contribution in [0.3, 0.4) is 0 Å². The molecule has 0 aliphatic heterocycles. The van der Waals surface area contributed by atoms with Gasteiger partial charge in [0.15, 0.2) is 0 Å². The summed E-state index contributed by atoms with van der Waals surface area (Å²) in [5, 5.41) is 7.13. The molecule has 0 N–H and O–H groups in total. The molecule has 0 heterocycles. The molecule has 0 heteroatoms. The summed E-state index contributed by atoms with van der Waals surface area (Å²) in [6.45, 7) is 12.8. The normalized spacial score (nSPS) is 11.2. The lowest BCUT2D eigenvalue weighted by Crippen LogP contribution is -2.13. The summed E-state index contributed by atoms with van der Waals surface area (Å²) in [5.41, 5.74) is 2.56. The molecule has 0 saturated heterocycles. The average molecular weight is 232 g/mol. The van der Waals surface area contributed by atoms with Crippen molar-refractivity contribution >= 4 is 34.7 Å². The Morgan fingerprint density at radius 1 is 0.778 bits per heavy atom. The van der Waals surface area contributed by atoms with E-state index in [2.05, 4.69) is 63.4 Å². The molecule has 0 amide bonds. The zero-order chi connectivity index (χ0) is 12.9. The molecule has 0 bridgehead atoms. The first-order valence-corrected chi connectivity index (χ1v) is 6.19. The van der Waals surface area contributed by atoms with E-state index in [1.807, 2.05) is 0 Å². The largest absolute Gasteiger partial charge is 0.0905 e. The lowest BCUT2D eigenvalue weighted by molar-refractivity contribution is 1.42. The van der Waals surface area contributed by atoms with Crippen molar-refractivity contribution in [1.29, 1.82) is 0 Å². The number of hydrogen-bond donors (Lipinski definition) is 0.